The molecule has 0 aliphatic rings. The summed E-state index contributed by atoms with van der Waals surface area (Å²) in [5, 5.41) is 7.07. The van der Waals surface area contributed by atoms with Gasteiger partial charge in [-0.05, 0) is 60.7 Å². The highest BCUT2D eigenvalue weighted by molar-refractivity contribution is 6.30. The summed E-state index contributed by atoms with van der Waals surface area (Å²) in [6.45, 7) is 7.70. The first-order valence-electron chi connectivity index (χ1n) is 11.9. The van der Waals surface area contributed by atoms with E-state index in [0.717, 1.165) is 12.8 Å². The van der Waals surface area contributed by atoms with Gasteiger partial charge < -0.3 is 15.0 Å². The smallest absolute Gasteiger partial charge is 0.406 e. The van der Waals surface area contributed by atoms with Crippen LogP contribution in [0.4, 0.5) is 41.1 Å². The lowest BCUT2D eigenvalue weighted by Gasteiger charge is -2.23. The van der Waals surface area contributed by atoms with Gasteiger partial charge >= 0.3 is 6.36 Å². The van der Waals surface area contributed by atoms with Crippen molar-refractivity contribution in [1.29, 1.82) is 0 Å². The van der Waals surface area contributed by atoms with Gasteiger partial charge in [0, 0.05) is 18.8 Å². The predicted molar refractivity (Wildman–Crippen MR) is 141 cm³/mol. The molecule has 1 heterocycles. The summed E-state index contributed by atoms with van der Waals surface area (Å²) in [6, 6.07) is 9.44. The molecular weight excluding hydrogens is 526 g/mol. The number of halogens is 5. The molecule has 13 heteroatoms. The minimum absolute atomic E-state index is 0.00310. The van der Waals surface area contributed by atoms with Gasteiger partial charge in [0.1, 0.15) is 11.6 Å². The number of aromatic nitrogens is 3. The van der Waals surface area contributed by atoms with Gasteiger partial charge in [0.05, 0.1) is 11.2 Å². The zero-order valence-electron chi connectivity index (χ0n) is 21.1. The van der Waals surface area contributed by atoms with Crippen LogP contribution in [0.2, 0.25) is 5.02 Å². The number of rotatable bonds is 12. The molecule has 0 fully saturated rings. The third kappa shape index (κ3) is 9.33. The zero-order chi connectivity index (χ0) is 27.7. The molecule has 204 valence electrons. The molecule has 0 aliphatic heterocycles. The predicted octanol–water partition coefficient (Wildman–Crippen LogP) is 7.01. The standard InChI is InChI=1S/C25H28ClF4N7O/c1-4-12-37(13-11-16(2)3)24-34-22(32-18-6-8-19(9-7-18)38-25(28,29)30)33-23(35-24)36-31-15-17-5-10-20(26)21(27)14-17/h5-10,14-16H,4,11-13H2,1-3H3,(H2,32,33,34,35,36)/b31-15+. The van der Waals surface area contributed by atoms with Gasteiger partial charge in [0.25, 0.3) is 0 Å². The maximum Gasteiger partial charge on any atom is 0.573 e. The number of alkyl halides is 3. The maximum absolute atomic E-state index is 13.7. The van der Waals surface area contributed by atoms with Gasteiger partial charge in [-0.1, -0.05) is 38.4 Å². The van der Waals surface area contributed by atoms with E-state index in [0.29, 0.717) is 36.2 Å². The zero-order valence-corrected chi connectivity index (χ0v) is 21.8. The van der Waals surface area contributed by atoms with Crippen molar-refractivity contribution in [3.05, 3.63) is 58.9 Å². The molecule has 2 aromatic carbocycles. The minimum atomic E-state index is -4.78. The normalized spacial score (nSPS) is 11.7. The Bertz CT molecular complexity index is 1220. The Balaban J connectivity index is 1.86. The summed E-state index contributed by atoms with van der Waals surface area (Å²) >= 11 is 5.72. The molecule has 0 amide bonds. The molecule has 2 N–H and O–H groups in total. The summed E-state index contributed by atoms with van der Waals surface area (Å²) in [6.07, 6.45) is -1.62. The van der Waals surface area contributed by atoms with E-state index in [1.165, 1.54) is 42.6 Å². The van der Waals surface area contributed by atoms with Crippen LogP contribution in [0, 0.1) is 11.7 Å². The summed E-state index contributed by atoms with van der Waals surface area (Å²) in [7, 11) is 0. The second-order valence-electron chi connectivity index (χ2n) is 8.69. The Labute approximate surface area is 223 Å². The molecule has 0 saturated carbocycles. The molecule has 0 atom stereocenters. The lowest BCUT2D eigenvalue weighted by molar-refractivity contribution is -0.274. The molecule has 38 heavy (non-hydrogen) atoms. The van der Waals surface area contributed by atoms with Crippen LogP contribution in [0.15, 0.2) is 47.6 Å². The second-order valence-corrected chi connectivity index (χ2v) is 9.10. The lowest BCUT2D eigenvalue weighted by Crippen LogP contribution is -2.28. The third-order valence-corrected chi connectivity index (χ3v) is 5.35. The molecule has 0 aliphatic carbocycles. The molecule has 1 aromatic heterocycles. The monoisotopic (exact) mass is 553 g/mol. The fourth-order valence-electron chi connectivity index (χ4n) is 3.23. The summed E-state index contributed by atoms with van der Waals surface area (Å²) in [5.74, 6) is 0.214. The van der Waals surface area contributed by atoms with Gasteiger partial charge in [0.15, 0.2) is 0 Å². The Morgan fingerprint density at radius 1 is 1.05 bits per heavy atom. The summed E-state index contributed by atoms with van der Waals surface area (Å²) in [5.41, 5.74) is 3.64. The molecule has 0 bridgehead atoms. The van der Waals surface area contributed by atoms with Crippen LogP contribution in [-0.4, -0.2) is 40.6 Å². The van der Waals surface area contributed by atoms with Crippen LogP contribution in [0.3, 0.4) is 0 Å². The first-order chi connectivity index (χ1) is 18.0. The first kappa shape index (κ1) is 28.9. The molecular formula is C25H28ClF4N7O. The van der Waals surface area contributed by atoms with Crippen LogP contribution < -0.4 is 20.4 Å². The van der Waals surface area contributed by atoms with Crippen molar-refractivity contribution in [2.24, 2.45) is 11.0 Å². The Kier molecular flexibility index (Phi) is 10.1. The number of nitrogens with zero attached hydrogens (tertiary/aromatic N) is 5. The topological polar surface area (TPSA) is 87.6 Å². The molecule has 0 saturated heterocycles. The van der Waals surface area contributed by atoms with Crippen molar-refractivity contribution in [2.45, 2.75) is 40.0 Å². The molecule has 0 radical (unpaired) electrons. The van der Waals surface area contributed by atoms with Crippen LogP contribution in [-0.2, 0) is 0 Å². The van der Waals surface area contributed by atoms with E-state index in [1.807, 2.05) is 11.8 Å². The number of ether oxygens (including phenoxy) is 1. The van der Waals surface area contributed by atoms with E-state index in [4.69, 9.17) is 11.6 Å². The van der Waals surface area contributed by atoms with Crippen molar-refractivity contribution in [3.63, 3.8) is 0 Å². The van der Waals surface area contributed by atoms with Crippen LogP contribution in [0.25, 0.3) is 0 Å². The van der Waals surface area contributed by atoms with E-state index >= 15 is 0 Å². The number of benzene rings is 2. The molecule has 3 aromatic rings. The van der Waals surface area contributed by atoms with Gasteiger partial charge in [0.2, 0.25) is 17.8 Å². The van der Waals surface area contributed by atoms with Crippen molar-refractivity contribution >= 4 is 41.3 Å². The molecule has 0 spiro atoms. The highest BCUT2D eigenvalue weighted by Crippen LogP contribution is 2.25. The van der Waals surface area contributed by atoms with Gasteiger partial charge in [-0.2, -0.15) is 20.1 Å². The van der Waals surface area contributed by atoms with Crippen molar-refractivity contribution in [3.8, 4) is 5.75 Å². The van der Waals surface area contributed by atoms with E-state index < -0.39 is 12.2 Å². The molecule has 0 unspecified atom stereocenters. The Hall–Kier alpha value is -3.67. The van der Waals surface area contributed by atoms with E-state index in [1.54, 1.807) is 6.07 Å². The van der Waals surface area contributed by atoms with Gasteiger partial charge in [-0.25, -0.2) is 9.82 Å². The molecule has 3 rings (SSSR count). The fourth-order valence-corrected chi connectivity index (χ4v) is 3.35. The quantitative estimate of drug-likeness (QED) is 0.142. The largest absolute Gasteiger partial charge is 0.573 e. The van der Waals surface area contributed by atoms with E-state index in [2.05, 4.69) is 49.4 Å². The van der Waals surface area contributed by atoms with Gasteiger partial charge in [-0.15, -0.1) is 13.2 Å². The Morgan fingerprint density at radius 3 is 2.39 bits per heavy atom. The van der Waals surface area contributed by atoms with Crippen molar-refractivity contribution in [1.82, 2.24) is 15.0 Å². The summed E-state index contributed by atoms with van der Waals surface area (Å²) < 4.78 is 55.0. The van der Waals surface area contributed by atoms with E-state index in [-0.39, 0.29) is 22.7 Å². The second kappa shape index (κ2) is 13.2. The van der Waals surface area contributed by atoms with Crippen LogP contribution in [0.5, 0.6) is 5.75 Å². The van der Waals surface area contributed by atoms with E-state index in [9.17, 15) is 17.6 Å². The lowest BCUT2D eigenvalue weighted by atomic mass is 10.1. The number of anilines is 4. The highest BCUT2D eigenvalue weighted by Gasteiger charge is 2.31. The minimum Gasteiger partial charge on any atom is -0.406 e. The third-order valence-electron chi connectivity index (χ3n) is 5.04. The van der Waals surface area contributed by atoms with Gasteiger partial charge in [-0.3, -0.25) is 0 Å². The van der Waals surface area contributed by atoms with Crippen LogP contribution >= 0.6 is 11.6 Å². The average Bonchev–Trinajstić information content (AvgIpc) is 2.84. The Morgan fingerprint density at radius 2 is 1.76 bits per heavy atom. The number of hydrogen-bond donors (Lipinski definition) is 2. The highest BCUT2D eigenvalue weighted by atomic mass is 35.5. The molecule has 8 nitrogen and oxygen atoms in total. The van der Waals surface area contributed by atoms with Crippen molar-refractivity contribution in [2.75, 3.05) is 28.7 Å². The fraction of sp³-hybridized carbons (Fsp3) is 0.360. The number of hydrogen-bond acceptors (Lipinski definition) is 8. The number of nitrogens with one attached hydrogen (secondary N) is 2. The average molecular weight is 554 g/mol. The maximum atomic E-state index is 13.7. The van der Waals surface area contributed by atoms with Crippen molar-refractivity contribution < 1.29 is 22.3 Å². The summed E-state index contributed by atoms with van der Waals surface area (Å²) in [4.78, 5) is 15.4. The number of hydrazone groups is 1. The van der Waals surface area contributed by atoms with Crippen LogP contribution in [0.1, 0.15) is 39.2 Å². The SMILES string of the molecule is CCCN(CCC(C)C)c1nc(N/N=C/c2ccc(Cl)c(F)c2)nc(Nc2ccc(OC(F)(F)F)cc2)n1. The first-order valence-corrected chi connectivity index (χ1v) is 12.3.